The second-order valence-corrected chi connectivity index (χ2v) is 7.31. The number of nitrogens with two attached hydrogens (primary N) is 1. The fourth-order valence-electron chi connectivity index (χ4n) is 3.79. The predicted molar refractivity (Wildman–Crippen MR) is 98.4 cm³/mol. The van der Waals surface area contributed by atoms with Crippen molar-refractivity contribution in [1.82, 2.24) is 15.3 Å². The van der Waals surface area contributed by atoms with E-state index in [2.05, 4.69) is 20.6 Å². The first-order valence-corrected chi connectivity index (χ1v) is 8.95. The molecule has 4 N–H and O–H groups in total. The Morgan fingerprint density at radius 2 is 1.92 bits per heavy atom. The average Bonchev–Trinajstić information content (AvgIpc) is 2.85. The third-order valence-corrected chi connectivity index (χ3v) is 5.64. The van der Waals surface area contributed by atoms with Gasteiger partial charge in [-0.3, -0.25) is 4.79 Å². The third kappa shape index (κ3) is 2.69. The Hall–Kier alpha value is -2.05. The Morgan fingerprint density at radius 1 is 1.16 bits per heavy atom. The van der Waals surface area contributed by atoms with Crippen molar-refractivity contribution in [3.05, 3.63) is 39.6 Å². The van der Waals surface area contributed by atoms with Gasteiger partial charge in [0.25, 0.3) is 5.91 Å². The minimum absolute atomic E-state index is 0.0993. The molecule has 1 saturated carbocycles. The van der Waals surface area contributed by atoms with E-state index in [4.69, 9.17) is 28.9 Å². The molecule has 1 aromatic carbocycles. The van der Waals surface area contributed by atoms with Crippen molar-refractivity contribution >= 4 is 46.4 Å². The summed E-state index contributed by atoms with van der Waals surface area (Å²) in [6.45, 7) is 0. The number of halogens is 2. The van der Waals surface area contributed by atoms with Gasteiger partial charge in [0.05, 0.1) is 16.1 Å². The van der Waals surface area contributed by atoms with Crippen molar-refractivity contribution in [3.63, 3.8) is 0 Å². The Labute approximate surface area is 155 Å². The van der Waals surface area contributed by atoms with Crippen molar-refractivity contribution in [3.8, 4) is 0 Å². The summed E-state index contributed by atoms with van der Waals surface area (Å²) in [4.78, 5) is 20.4. The molecule has 1 spiro atoms. The highest BCUT2D eigenvalue weighted by molar-refractivity contribution is 6.35. The average molecular weight is 378 g/mol. The summed E-state index contributed by atoms with van der Waals surface area (Å²) >= 11 is 12.6. The van der Waals surface area contributed by atoms with Gasteiger partial charge in [0.15, 0.2) is 5.82 Å². The number of rotatable bonds is 2. The van der Waals surface area contributed by atoms with Crippen molar-refractivity contribution in [2.24, 2.45) is 0 Å². The zero-order valence-electron chi connectivity index (χ0n) is 13.4. The molecule has 130 valence electrons. The van der Waals surface area contributed by atoms with Gasteiger partial charge in [-0.15, -0.1) is 0 Å². The van der Waals surface area contributed by atoms with Crippen molar-refractivity contribution < 1.29 is 4.79 Å². The topological polar surface area (TPSA) is 92.9 Å². The summed E-state index contributed by atoms with van der Waals surface area (Å²) in [6.07, 6.45) is 6.55. The molecule has 4 rings (SSSR count). The van der Waals surface area contributed by atoms with Gasteiger partial charge in [-0.25, -0.2) is 9.97 Å². The minimum Gasteiger partial charge on any atom is -0.382 e. The zero-order valence-corrected chi connectivity index (χ0v) is 14.9. The molecule has 0 radical (unpaired) electrons. The number of amides is 1. The summed E-state index contributed by atoms with van der Waals surface area (Å²) in [5.41, 5.74) is 7.64. The maximum absolute atomic E-state index is 12.5. The number of hydrogen-bond donors (Lipinski definition) is 3. The smallest absolute Gasteiger partial charge is 0.253 e. The van der Waals surface area contributed by atoms with E-state index in [1.807, 2.05) is 6.07 Å². The highest BCUT2D eigenvalue weighted by Gasteiger charge is 2.44. The molecule has 1 fully saturated rings. The molecule has 1 aliphatic carbocycles. The Kier molecular flexibility index (Phi) is 3.96. The van der Waals surface area contributed by atoms with Crippen molar-refractivity contribution in [2.75, 3.05) is 11.1 Å². The van der Waals surface area contributed by atoms with Crippen LogP contribution in [0.1, 0.15) is 48.0 Å². The van der Waals surface area contributed by atoms with Crippen LogP contribution in [0.15, 0.2) is 18.5 Å². The van der Waals surface area contributed by atoms with Crippen LogP contribution < -0.4 is 16.4 Å². The fourth-order valence-corrected chi connectivity index (χ4v) is 4.24. The number of benzene rings is 1. The van der Waals surface area contributed by atoms with Crippen LogP contribution in [-0.2, 0) is 5.54 Å². The SMILES string of the molecule is Nc1ncnc(Nc2cc(Cl)c3c(c2)C2(CCCCC2)NC3=O)c1Cl. The molecule has 2 aliphatic rings. The van der Waals surface area contributed by atoms with E-state index in [0.29, 0.717) is 22.1 Å². The van der Waals surface area contributed by atoms with E-state index < -0.39 is 0 Å². The van der Waals surface area contributed by atoms with Crippen LogP contribution in [0.3, 0.4) is 0 Å². The highest BCUT2D eigenvalue weighted by atomic mass is 35.5. The maximum Gasteiger partial charge on any atom is 0.253 e. The van der Waals surface area contributed by atoms with Crippen LogP contribution in [0.4, 0.5) is 17.3 Å². The summed E-state index contributed by atoms with van der Waals surface area (Å²) in [6, 6.07) is 3.66. The van der Waals surface area contributed by atoms with Gasteiger partial charge in [-0.05, 0) is 30.5 Å². The molecule has 0 saturated heterocycles. The van der Waals surface area contributed by atoms with Crippen molar-refractivity contribution in [1.29, 1.82) is 0 Å². The maximum atomic E-state index is 12.5. The van der Waals surface area contributed by atoms with Crippen LogP contribution in [0.25, 0.3) is 0 Å². The van der Waals surface area contributed by atoms with Gasteiger partial charge < -0.3 is 16.4 Å². The molecule has 2 aromatic rings. The van der Waals surface area contributed by atoms with Gasteiger partial charge >= 0.3 is 0 Å². The zero-order chi connectivity index (χ0) is 17.6. The van der Waals surface area contributed by atoms with E-state index in [0.717, 1.165) is 31.2 Å². The van der Waals surface area contributed by atoms with Gasteiger partial charge in [0.1, 0.15) is 17.2 Å². The number of nitrogen functional groups attached to an aromatic ring is 1. The molecule has 1 amide bonds. The molecule has 8 heteroatoms. The first-order valence-electron chi connectivity index (χ1n) is 8.20. The van der Waals surface area contributed by atoms with E-state index in [1.165, 1.54) is 12.7 Å². The Morgan fingerprint density at radius 3 is 2.68 bits per heavy atom. The Bertz CT molecular complexity index is 864. The fraction of sp³-hybridized carbons (Fsp3) is 0.353. The van der Waals surface area contributed by atoms with Gasteiger partial charge in [-0.2, -0.15) is 0 Å². The van der Waals surface area contributed by atoms with Gasteiger partial charge in [0, 0.05) is 5.69 Å². The largest absolute Gasteiger partial charge is 0.382 e. The summed E-state index contributed by atoms with van der Waals surface area (Å²) < 4.78 is 0. The van der Waals surface area contributed by atoms with E-state index in [-0.39, 0.29) is 22.3 Å². The van der Waals surface area contributed by atoms with Crippen LogP contribution >= 0.6 is 23.2 Å². The normalized spacial score (nSPS) is 18.1. The van der Waals surface area contributed by atoms with Crippen LogP contribution in [-0.4, -0.2) is 15.9 Å². The first kappa shape index (κ1) is 16.4. The number of carbonyl (C=O) groups excluding carboxylic acids is 1. The molecule has 1 aliphatic heterocycles. The van der Waals surface area contributed by atoms with Gasteiger partial charge in [-0.1, -0.05) is 42.5 Å². The lowest BCUT2D eigenvalue weighted by Gasteiger charge is -2.34. The standard InChI is InChI=1S/C17H17Cl2N5O/c18-11-7-9(23-15-13(19)14(20)21-8-22-15)6-10-12(11)16(25)24-17(10)4-2-1-3-5-17/h6-8H,1-5H2,(H,24,25)(H3,20,21,22,23). The molecule has 25 heavy (non-hydrogen) atoms. The summed E-state index contributed by atoms with van der Waals surface area (Å²) in [5, 5.41) is 6.96. The van der Waals surface area contributed by atoms with Crippen LogP contribution in [0.5, 0.6) is 0 Å². The van der Waals surface area contributed by atoms with Crippen LogP contribution in [0, 0.1) is 0 Å². The lowest BCUT2D eigenvalue weighted by molar-refractivity contribution is 0.0909. The minimum atomic E-state index is -0.319. The van der Waals surface area contributed by atoms with E-state index in [1.54, 1.807) is 6.07 Å². The number of anilines is 3. The quantitative estimate of drug-likeness (QED) is 0.734. The van der Waals surface area contributed by atoms with E-state index in [9.17, 15) is 4.79 Å². The number of nitrogens with one attached hydrogen (secondary N) is 2. The summed E-state index contributed by atoms with van der Waals surface area (Å²) in [7, 11) is 0. The number of aromatic nitrogens is 2. The molecule has 2 heterocycles. The first-order chi connectivity index (χ1) is 12.0. The number of hydrogen-bond acceptors (Lipinski definition) is 5. The van der Waals surface area contributed by atoms with E-state index >= 15 is 0 Å². The second kappa shape index (κ2) is 6.04. The second-order valence-electron chi connectivity index (χ2n) is 6.52. The molecule has 0 unspecified atom stereocenters. The highest BCUT2D eigenvalue weighted by Crippen LogP contribution is 2.46. The lowest BCUT2D eigenvalue weighted by Crippen LogP contribution is -2.40. The third-order valence-electron chi connectivity index (χ3n) is 4.97. The molecule has 1 aromatic heterocycles. The molecule has 0 atom stereocenters. The van der Waals surface area contributed by atoms with Crippen LogP contribution in [0.2, 0.25) is 10.0 Å². The van der Waals surface area contributed by atoms with Gasteiger partial charge in [0.2, 0.25) is 0 Å². The lowest BCUT2D eigenvalue weighted by atomic mass is 9.77. The predicted octanol–water partition coefficient (Wildman–Crippen LogP) is 4.01. The molecular formula is C17H17Cl2N5O. The number of carbonyl (C=O) groups is 1. The van der Waals surface area contributed by atoms with Crippen molar-refractivity contribution in [2.45, 2.75) is 37.6 Å². The number of nitrogens with zero attached hydrogens (tertiary/aromatic N) is 2. The molecule has 6 nitrogen and oxygen atoms in total. The number of fused-ring (bicyclic) bond motifs is 2. The monoisotopic (exact) mass is 377 g/mol. The Balaban J connectivity index is 1.77. The summed E-state index contributed by atoms with van der Waals surface area (Å²) in [5.74, 6) is 0.505. The molecule has 0 bridgehead atoms. The molecular weight excluding hydrogens is 361 g/mol.